The van der Waals surface area contributed by atoms with Crippen LogP contribution < -0.4 is 43.8 Å². The van der Waals surface area contributed by atoms with Crippen LogP contribution in [0.3, 0.4) is 0 Å². The van der Waals surface area contributed by atoms with Crippen LogP contribution in [0.15, 0.2) is 0 Å². The van der Waals surface area contributed by atoms with Gasteiger partial charge in [0.2, 0.25) is 35.4 Å². The smallest absolute Gasteiger partial charge is 0.305 e. The third-order valence-electron chi connectivity index (χ3n) is 7.78. The number of hydrogen-bond acceptors (Lipinski definition) is 11. The first-order valence-electron chi connectivity index (χ1n) is 16.6. The van der Waals surface area contributed by atoms with E-state index in [0.29, 0.717) is 32.2 Å². The Morgan fingerprint density at radius 3 is 1.78 bits per heavy atom. The van der Waals surface area contributed by atoms with Gasteiger partial charge in [-0.05, 0) is 44.1 Å². The molecule has 0 saturated heterocycles. The zero-order chi connectivity index (χ0) is 38.6. The average molecular weight is 735 g/mol. The van der Waals surface area contributed by atoms with Crippen molar-refractivity contribution in [2.75, 3.05) is 19.0 Å². The van der Waals surface area contributed by atoms with Gasteiger partial charge in [-0.2, -0.15) is 0 Å². The molecular weight excluding hydrogens is 680 g/mol. The summed E-state index contributed by atoms with van der Waals surface area (Å²) in [7, 11) is 0. The van der Waals surface area contributed by atoms with E-state index < -0.39 is 108 Å². The van der Waals surface area contributed by atoms with E-state index in [0.717, 1.165) is 0 Å². The summed E-state index contributed by atoms with van der Waals surface area (Å²) in [6, 6.07) is -7.94. The highest BCUT2D eigenvalue weighted by Gasteiger charge is 2.34. The van der Waals surface area contributed by atoms with Crippen LogP contribution in [0.4, 0.5) is 0 Å². The largest absolute Gasteiger partial charge is 0.481 e. The molecule has 6 amide bonds. The van der Waals surface area contributed by atoms with Crippen molar-refractivity contribution in [1.82, 2.24) is 26.6 Å². The van der Waals surface area contributed by atoms with Gasteiger partial charge in [0.25, 0.3) is 0 Å². The lowest BCUT2D eigenvalue weighted by molar-refractivity contribution is -0.140. The molecule has 50 heavy (non-hydrogen) atoms. The Kier molecular flexibility index (Phi) is 22.4. The Morgan fingerprint density at radius 2 is 1.28 bits per heavy atom. The van der Waals surface area contributed by atoms with E-state index in [2.05, 4.69) is 26.6 Å². The first-order chi connectivity index (χ1) is 23.4. The third kappa shape index (κ3) is 17.7. The predicted molar refractivity (Wildman–Crippen MR) is 183 cm³/mol. The Balaban J connectivity index is 6.02. The standard InChI is InChI=1S/C31H55ClN8O10/c1-5-17(4)26(40-27(46)18(34)8-6-7-11-33)31(50)39-22(15-41)30(49)36-19(9-10-24(35)43)28(47)38-21(12-16(2)3)29(48)37-20(13-25(44)45)23(42)14-32/h16-22,26,41H,5-15,33-34H2,1-4H3,(H2,35,43)(H,36,49)(H,37,48)(H,38,47)(H,39,50)(H,40,46)(H,44,45)/t17-,18-,19-,20-,21-,22-,26-/m0/s1. The summed E-state index contributed by atoms with van der Waals surface area (Å²) in [5, 5.41) is 31.2. The number of carbonyl (C=O) groups excluding carboxylic acids is 7. The molecule has 0 radical (unpaired) electrons. The molecule has 0 aliphatic carbocycles. The van der Waals surface area contributed by atoms with Crippen molar-refractivity contribution in [2.24, 2.45) is 29.0 Å². The molecule has 0 bridgehead atoms. The van der Waals surface area contributed by atoms with E-state index in [4.69, 9.17) is 33.9 Å². The fraction of sp³-hybridized carbons (Fsp3) is 0.742. The lowest BCUT2D eigenvalue weighted by Gasteiger charge is -2.28. The van der Waals surface area contributed by atoms with E-state index in [9.17, 15) is 43.5 Å². The number of aliphatic hydroxyl groups excluding tert-OH is 1. The summed E-state index contributed by atoms with van der Waals surface area (Å²) in [6.07, 6.45) is 0.604. The summed E-state index contributed by atoms with van der Waals surface area (Å²) >= 11 is 5.56. The highest BCUT2D eigenvalue weighted by atomic mass is 35.5. The second-order valence-corrected chi connectivity index (χ2v) is 12.8. The quantitative estimate of drug-likeness (QED) is 0.0326. The van der Waals surface area contributed by atoms with Crippen LogP contribution in [0.25, 0.3) is 0 Å². The van der Waals surface area contributed by atoms with Crippen molar-refractivity contribution < 1.29 is 48.6 Å². The average Bonchev–Trinajstić information content (AvgIpc) is 3.05. The van der Waals surface area contributed by atoms with Crippen molar-refractivity contribution >= 4 is 58.8 Å². The van der Waals surface area contributed by atoms with Crippen LogP contribution in [-0.4, -0.2) is 113 Å². The van der Waals surface area contributed by atoms with Gasteiger partial charge in [0.1, 0.15) is 24.2 Å². The highest BCUT2D eigenvalue weighted by Crippen LogP contribution is 2.11. The lowest BCUT2D eigenvalue weighted by atomic mass is 9.97. The second kappa shape index (κ2) is 24.3. The van der Waals surface area contributed by atoms with Crippen LogP contribution in [-0.2, 0) is 38.4 Å². The number of nitrogens with one attached hydrogen (secondary N) is 5. The molecule has 0 spiro atoms. The predicted octanol–water partition coefficient (Wildman–Crippen LogP) is -2.50. The van der Waals surface area contributed by atoms with E-state index >= 15 is 0 Å². The molecular formula is C31H55ClN8O10. The van der Waals surface area contributed by atoms with Gasteiger partial charge < -0.3 is 54.0 Å². The number of aliphatic carboxylic acids is 1. The number of primary amides is 1. The number of hydrogen-bond donors (Lipinski definition) is 10. The Hall–Kier alpha value is -3.87. The maximum atomic E-state index is 13.4. The minimum Gasteiger partial charge on any atom is -0.481 e. The van der Waals surface area contributed by atoms with Gasteiger partial charge in [0.15, 0.2) is 5.78 Å². The topological polar surface area (TPSA) is 315 Å². The van der Waals surface area contributed by atoms with Crippen LogP contribution >= 0.6 is 11.6 Å². The number of nitrogens with two attached hydrogens (primary N) is 3. The van der Waals surface area contributed by atoms with Crippen LogP contribution in [0.1, 0.15) is 79.1 Å². The number of halogens is 1. The zero-order valence-electron chi connectivity index (χ0n) is 29.2. The fourth-order valence-corrected chi connectivity index (χ4v) is 4.83. The van der Waals surface area contributed by atoms with Crippen LogP contribution in [0.2, 0.25) is 0 Å². The molecule has 0 fully saturated rings. The van der Waals surface area contributed by atoms with Crippen molar-refractivity contribution in [3.63, 3.8) is 0 Å². The molecule has 0 rings (SSSR count). The number of unbranched alkanes of at least 4 members (excludes halogenated alkanes) is 1. The molecule has 0 saturated carbocycles. The van der Waals surface area contributed by atoms with Crippen molar-refractivity contribution in [1.29, 1.82) is 0 Å². The van der Waals surface area contributed by atoms with Gasteiger partial charge in [0, 0.05) is 6.42 Å². The molecule has 0 heterocycles. The molecule has 13 N–H and O–H groups in total. The number of aliphatic hydroxyl groups is 1. The van der Waals surface area contributed by atoms with E-state index in [1.165, 1.54) is 0 Å². The van der Waals surface area contributed by atoms with Gasteiger partial charge in [-0.15, -0.1) is 11.6 Å². The van der Waals surface area contributed by atoms with Crippen LogP contribution in [0, 0.1) is 11.8 Å². The molecule has 286 valence electrons. The van der Waals surface area contributed by atoms with E-state index in [-0.39, 0.29) is 25.2 Å². The van der Waals surface area contributed by atoms with E-state index in [1.807, 2.05) is 0 Å². The number of Topliss-reactive ketones (excluding diaryl/α,β-unsaturated/α-hetero) is 1. The Labute approximate surface area is 297 Å². The number of carboxylic acid groups (broad SMARTS) is 1. The molecule has 0 aliphatic rings. The zero-order valence-corrected chi connectivity index (χ0v) is 29.9. The first kappa shape index (κ1) is 46.1. The minimum absolute atomic E-state index is 0.0254. The fourth-order valence-electron chi connectivity index (χ4n) is 4.65. The van der Waals surface area contributed by atoms with Gasteiger partial charge in [-0.1, -0.05) is 40.5 Å². The van der Waals surface area contributed by atoms with Crippen molar-refractivity contribution in [3.05, 3.63) is 0 Å². The first-order valence-corrected chi connectivity index (χ1v) is 17.1. The van der Waals surface area contributed by atoms with E-state index in [1.54, 1.807) is 27.7 Å². The number of carbonyl (C=O) groups is 8. The second-order valence-electron chi connectivity index (χ2n) is 12.5. The maximum Gasteiger partial charge on any atom is 0.305 e. The number of alkyl halides is 1. The Morgan fingerprint density at radius 1 is 0.740 bits per heavy atom. The summed E-state index contributed by atoms with van der Waals surface area (Å²) < 4.78 is 0. The maximum absolute atomic E-state index is 13.4. The van der Waals surface area contributed by atoms with Gasteiger partial charge >= 0.3 is 5.97 Å². The molecule has 19 heteroatoms. The third-order valence-corrected chi connectivity index (χ3v) is 8.05. The normalized spacial score (nSPS) is 15.3. The van der Waals surface area contributed by atoms with Crippen LogP contribution in [0.5, 0.6) is 0 Å². The Bertz CT molecular complexity index is 1170. The van der Waals surface area contributed by atoms with Gasteiger partial charge in [-0.25, -0.2) is 0 Å². The molecule has 0 aliphatic heterocycles. The van der Waals surface area contributed by atoms with Gasteiger partial charge in [0.05, 0.1) is 31.0 Å². The summed E-state index contributed by atoms with van der Waals surface area (Å²) in [4.78, 5) is 101. The summed E-state index contributed by atoms with van der Waals surface area (Å²) in [5.74, 6) is -8.39. The SMILES string of the molecule is CC[C@H](C)[C@H](NC(=O)[C@@H](N)CCCCN)C(=O)N[C@@H](CO)C(=O)N[C@@H](CCC(N)=O)C(=O)N[C@@H](CC(C)C)C(=O)N[C@@H](CC(=O)O)C(=O)CCl. The summed E-state index contributed by atoms with van der Waals surface area (Å²) in [5.41, 5.74) is 16.7. The van der Waals surface area contributed by atoms with Gasteiger partial charge in [-0.3, -0.25) is 38.4 Å². The lowest BCUT2D eigenvalue weighted by Crippen LogP contribution is -2.61. The number of ketones is 1. The number of rotatable bonds is 26. The number of carboxylic acids is 1. The number of amides is 6. The molecule has 0 aromatic carbocycles. The molecule has 7 atom stereocenters. The monoisotopic (exact) mass is 734 g/mol. The molecule has 18 nitrogen and oxygen atoms in total. The minimum atomic E-state index is -1.61. The summed E-state index contributed by atoms with van der Waals surface area (Å²) in [6.45, 7) is 6.46. The molecule has 0 aromatic rings. The highest BCUT2D eigenvalue weighted by molar-refractivity contribution is 6.28. The van der Waals surface area contributed by atoms with Crippen molar-refractivity contribution in [3.8, 4) is 0 Å². The molecule has 0 aromatic heterocycles. The van der Waals surface area contributed by atoms with Crippen molar-refractivity contribution in [2.45, 2.75) is 115 Å². The molecule has 0 unspecified atom stereocenters.